The molecule has 3 aromatic rings. The molecule has 8 heteroatoms. The molecular weight excluding hydrogens is 477 g/mol. The number of ether oxygens (including phenoxy) is 1. The van der Waals surface area contributed by atoms with Crippen LogP contribution in [-0.4, -0.2) is 36.2 Å². The van der Waals surface area contributed by atoms with E-state index in [1.807, 2.05) is 36.4 Å². The van der Waals surface area contributed by atoms with Gasteiger partial charge in [-0.1, -0.05) is 38.1 Å². The molecule has 186 valence electrons. The smallest absolute Gasteiger partial charge is 0.323 e. The van der Waals surface area contributed by atoms with Crippen LogP contribution in [0.25, 0.3) is 0 Å². The lowest BCUT2D eigenvalue weighted by Gasteiger charge is -2.33. The lowest BCUT2D eigenvalue weighted by atomic mass is 10.0. The van der Waals surface area contributed by atoms with Gasteiger partial charge in [0.2, 0.25) is 0 Å². The van der Waals surface area contributed by atoms with Crippen molar-refractivity contribution in [3.05, 3.63) is 89.2 Å². The molecule has 2 aliphatic rings. The zero-order chi connectivity index (χ0) is 25.4. The number of methoxy groups -OCH3 is 1. The molecule has 6 nitrogen and oxygen atoms in total. The molecule has 1 atom stereocenters. The molecule has 5 rings (SSSR count). The summed E-state index contributed by atoms with van der Waals surface area (Å²) in [6.07, 6.45) is 0. The topological polar surface area (TPSA) is 61.9 Å². The first-order chi connectivity index (χ1) is 17.3. The quantitative estimate of drug-likeness (QED) is 0.466. The Kier molecular flexibility index (Phi) is 6.38. The van der Waals surface area contributed by atoms with Gasteiger partial charge in [0, 0.05) is 23.5 Å². The van der Waals surface area contributed by atoms with Crippen molar-refractivity contribution in [2.45, 2.75) is 31.2 Å². The van der Waals surface area contributed by atoms with E-state index in [-0.39, 0.29) is 24.3 Å². The molecule has 0 aliphatic carbocycles. The molecule has 2 heterocycles. The number of hydrogen-bond acceptors (Lipinski definition) is 4. The van der Waals surface area contributed by atoms with Crippen LogP contribution in [0.15, 0.2) is 66.7 Å². The Bertz CT molecular complexity index is 1310. The number of carbonyl (C=O) groups excluding carboxylic acids is 2. The van der Waals surface area contributed by atoms with Crippen molar-refractivity contribution in [3.63, 3.8) is 0 Å². The van der Waals surface area contributed by atoms with Gasteiger partial charge in [-0.05, 0) is 59.5 Å². The zero-order valence-corrected chi connectivity index (χ0v) is 21.3. The highest BCUT2D eigenvalue weighted by Gasteiger charge is 2.59. The van der Waals surface area contributed by atoms with E-state index >= 15 is 0 Å². The summed E-state index contributed by atoms with van der Waals surface area (Å²) in [7, 11) is 1.57. The Labute approximate surface area is 214 Å². The summed E-state index contributed by atoms with van der Waals surface area (Å²) < 4.78 is 19.3. The Hall–Kier alpha value is -3.52. The van der Waals surface area contributed by atoms with E-state index in [2.05, 4.69) is 19.2 Å². The van der Waals surface area contributed by atoms with Crippen molar-refractivity contribution in [3.8, 4) is 5.75 Å². The van der Waals surface area contributed by atoms with Crippen LogP contribution >= 0.6 is 11.8 Å². The van der Waals surface area contributed by atoms with Crippen LogP contribution in [0.3, 0.4) is 0 Å². The molecule has 1 N–H and O–H groups in total. The Morgan fingerprint density at radius 2 is 1.92 bits per heavy atom. The van der Waals surface area contributed by atoms with Crippen LogP contribution in [0.1, 0.15) is 36.5 Å². The van der Waals surface area contributed by atoms with Crippen LogP contribution in [0.4, 0.5) is 20.6 Å². The molecule has 3 aromatic carbocycles. The summed E-state index contributed by atoms with van der Waals surface area (Å²) in [6, 6.07) is 19.1. The second-order valence-electron chi connectivity index (χ2n) is 9.26. The monoisotopic (exact) mass is 505 g/mol. The predicted octanol–water partition coefficient (Wildman–Crippen LogP) is 5.94. The van der Waals surface area contributed by atoms with Gasteiger partial charge in [-0.25, -0.2) is 9.18 Å². The van der Waals surface area contributed by atoms with E-state index in [1.54, 1.807) is 35.1 Å². The standard InChI is InChI=1S/C28H28FN3O3S/c1-18(2)20-7-9-22(10-8-20)30-27(34)32-13-14-36-28(32)24-16-23(35-3)11-12-25(24)31(26(28)33)17-19-5-4-6-21(29)15-19/h4-12,15-16,18H,13-14,17H2,1-3H3,(H,30,34)/t28-/m0/s1. The fraction of sp³-hybridized carbons (Fsp3) is 0.286. The number of nitrogens with zero attached hydrogens (tertiary/aromatic N) is 2. The SMILES string of the molecule is COc1ccc2c(c1)[C@]1(SCCN1C(=O)Nc1ccc(C(C)C)cc1)C(=O)N2Cc1cccc(F)c1. The van der Waals surface area contributed by atoms with Crippen molar-refractivity contribution in [2.75, 3.05) is 29.6 Å². The third-order valence-corrected chi connectivity index (χ3v) is 8.12. The molecule has 36 heavy (non-hydrogen) atoms. The molecule has 2 aliphatic heterocycles. The molecule has 0 bridgehead atoms. The number of hydrogen-bond donors (Lipinski definition) is 1. The van der Waals surface area contributed by atoms with Crippen LogP contribution in [-0.2, 0) is 16.2 Å². The molecule has 3 amide bonds. The number of rotatable bonds is 5. The Morgan fingerprint density at radius 1 is 1.14 bits per heavy atom. The minimum atomic E-state index is -1.22. The van der Waals surface area contributed by atoms with Crippen LogP contribution < -0.4 is 15.0 Å². The van der Waals surface area contributed by atoms with Gasteiger partial charge in [-0.3, -0.25) is 9.69 Å². The van der Waals surface area contributed by atoms with E-state index in [4.69, 9.17) is 4.74 Å². The summed E-state index contributed by atoms with van der Waals surface area (Å²) in [6.45, 7) is 4.85. The summed E-state index contributed by atoms with van der Waals surface area (Å²) in [5.41, 5.74) is 3.92. The fourth-order valence-corrected chi connectivity index (χ4v) is 6.29. The molecular formula is C28H28FN3O3S. The number of urea groups is 1. The lowest BCUT2D eigenvalue weighted by molar-refractivity contribution is -0.123. The van der Waals surface area contributed by atoms with Gasteiger partial charge in [-0.15, -0.1) is 11.8 Å². The molecule has 1 spiro atoms. The maximum absolute atomic E-state index is 14.1. The van der Waals surface area contributed by atoms with Crippen LogP contribution in [0, 0.1) is 5.82 Å². The van der Waals surface area contributed by atoms with Gasteiger partial charge in [0.25, 0.3) is 5.91 Å². The van der Waals surface area contributed by atoms with Crippen molar-refractivity contribution in [2.24, 2.45) is 0 Å². The van der Waals surface area contributed by atoms with Crippen molar-refractivity contribution in [1.29, 1.82) is 0 Å². The highest BCUT2D eigenvalue weighted by atomic mass is 32.2. The summed E-state index contributed by atoms with van der Waals surface area (Å²) in [4.78, 5) is 29.7. The highest BCUT2D eigenvalue weighted by molar-refractivity contribution is 8.01. The lowest BCUT2D eigenvalue weighted by Crippen LogP contribution is -2.51. The summed E-state index contributed by atoms with van der Waals surface area (Å²) in [5.74, 6) is 1.02. The van der Waals surface area contributed by atoms with E-state index < -0.39 is 4.87 Å². The normalized spacial score (nSPS) is 18.8. The van der Waals surface area contributed by atoms with E-state index in [0.717, 1.165) is 0 Å². The predicted molar refractivity (Wildman–Crippen MR) is 141 cm³/mol. The zero-order valence-electron chi connectivity index (χ0n) is 20.5. The Morgan fingerprint density at radius 3 is 2.61 bits per heavy atom. The molecule has 0 saturated carbocycles. The third-order valence-electron chi connectivity index (χ3n) is 6.70. The maximum atomic E-state index is 14.1. The van der Waals surface area contributed by atoms with Crippen LogP contribution in [0.2, 0.25) is 0 Å². The average molecular weight is 506 g/mol. The number of nitrogens with one attached hydrogen (secondary N) is 1. The maximum Gasteiger partial charge on any atom is 0.323 e. The average Bonchev–Trinajstić information content (AvgIpc) is 3.41. The summed E-state index contributed by atoms with van der Waals surface area (Å²) >= 11 is 1.44. The second kappa shape index (κ2) is 9.50. The van der Waals surface area contributed by atoms with Gasteiger partial charge >= 0.3 is 6.03 Å². The van der Waals surface area contributed by atoms with Crippen molar-refractivity contribution in [1.82, 2.24) is 4.90 Å². The number of fused-ring (bicyclic) bond motifs is 2. The van der Waals surface area contributed by atoms with Gasteiger partial charge in [0.05, 0.1) is 19.3 Å². The minimum absolute atomic E-state index is 0.199. The second-order valence-corrected chi connectivity index (χ2v) is 10.5. The number of carbonyl (C=O) groups is 2. The molecule has 0 unspecified atom stereocenters. The number of halogens is 1. The fourth-order valence-electron chi connectivity index (χ4n) is 4.84. The van der Waals surface area contributed by atoms with Crippen molar-refractivity contribution < 1.29 is 18.7 Å². The minimum Gasteiger partial charge on any atom is -0.497 e. The Balaban J connectivity index is 1.50. The first kappa shape index (κ1) is 24.2. The molecule has 1 fully saturated rings. The first-order valence-electron chi connectivity index (χ1n) is 11.9. The van der Waals surface area contributed by atoms with Gasteiger partial charge in [-0.2, -0.15) is 0 Å². The number of thioether (sulfide) groups is 1. The van der Waals surface area contributed by atoms with Crippen molar-refractivity contribution >= 4 is 35.1 Å². The largest absolute Gasteiger partial charge is 0.497 e. The summed E-state index contributed by atoms with van der Waals surface area (Å²) in [5, 5.41) is 2.98. The van der Waals surface area contributed by atoms with E-state index in [1.165, 1.54) is 29.5 Å². The molecule has 0 radical (unpaired) electrons. The van der Waals surface area contributed by atoms with E-state index in [9.17, 15) is 14.0 Å². The number of benzene rings is 3. The third kappa shape index (κ3) is 4.09. The highest BCUT2D eigenvalue weighted by Crippen LogP contribution is 2.55. The number of anilines is 2. The van der Waals surface area contributed by atoms with E-state index in [0.29, 0.717) is 46.5 Å². The van der Waals surface area contributed by atoms with Crippen LogP contribution in [0.5, 0.6) is 5.75 Å². The molecule has 1 saturated heterocycles. The first-order valence-corrected chi connectivity index (χ1v) is 12.9. The van der Waals surface area contributed by atoms with Gasteiger partial charge in [0.1, 0.15) is 11.6 Å². The number of amides is 3. The van der Waals surface area contributed by atoms with Gasteiger partial charge < -0.3 is 15.0 Å². The van der Waals surface area contributed by atoms with Gasteiger partial charge in [0.15, 0.2) is 4.87 Å². The molecule has 0 aromatic heterocycles.